The Morgan fingerprint density at radius 3 is 2.28 bits per heavy atom. The molecule has 0 spiro atoms. The molecular weight excluding hydrogens is 506 g/mol. The van der Waals surface area contributed by atoms with Crippen molar-refractivity contribution in [3.8, 4) is 11.5 Å². The number of benzene rings is 1. The van der Waals surface area contributed by atoms with E-state index in [1.165, 1.54) is 37.6 Å². The number of aliphatic hydroxyl groups is 1. The Morgan fingerprint density at radius 1 is 1.00 bits per heavy atom. The number of nitrogens with zero attached hydrogens (tertiary/aromatic N) is 3. The fourth-order valence-corrected chi connectivity index (χ4v) is 5.90. The van der Waals surface area contributed by atoms with Crippen molar-refractivity contribution in [2.75, 3.05) is 26.2 Å². The van der Waals surface area contributed by atoms with E-state index in [0.29, 0.717) is 38.3 Å². The summed E-state index contributed by atoms with van der Waals surface area (Å²) in [5.74, 6) is -1.89. The molecule has 1 unspecified atom stereocenters. The van der Waals surface area contributed by atoms with Gasteiger partial charge in [-0.3, -0.25) is 14.5 Å². The minimum atomic E-state index is -1.12. The highest BCUT2D eigenvalue weighted by atomic mass is 32.1. The largest absolute Gasteiger partial charge is 0.503 e. The lowest BCUT2D eigenvalue weighted by Gasteiger charge is -2.26. The highest BCUT2D eigenvalue weighted by Crippen LogP contribution is 2.47. The Hall–Kier alpha value is -3.77. The van der Waals surface area contributed by atoms with Gasteiger partial charge in [0.05, 0.1) is 48.2 Å². The van der Waals surface area contributed by atoms with Gasteiger partial charge in [0.2, 0.25) is 5.78 Å². The predicted octanol–water partition coefficient (Wildman–Crippen LogP) is 4.11. The molecule has 0 fully saturated rings. The second-order valence-corrected chi connectivity index (χ2v) is 10.0. The molecule has 1 aliphatic rings. The van der Waals surface area contributed by atoms with Gasteiger partial charge in [-0.2, -0.15) is 0 Å². The van der Waals surface area contributed by atoms with Gasteiger partial charge >= 0.3 is 5.97 Å². The lowest BCUT2D eigenvalue weighted by molar-refractivity contribution is -0.117. The van der Waals surface area contributed by atoms with E-state index in [0.717, 1.165) is 11.3 Å². The number of amides is 1. The number of carbonyl (C=O) groups excluding carboxylic acids is 3. The van der Waals surface area contributed by atoms with Crippen LogP contribution in [0, 0.1) is 20.8 Å². The van der Waals surface area contributed by atoms with Gasteiger partial charge in [-0.15, -0.1) is 11.3 Å². The van der Waals surface area contributed by atoms with Crippen LogP contribution in [0.25, 0.3) is 0 Å². The van der Waals surface area contributed by atoms with E-state index in [2.05, 4.69) is 9.97 Å². The lowest BCUT2D eigenvalue weighted by Crippen LogP contribution is -2.31. The van der Waals surface area contributed by atoms with Crippen LogP contribution in [0.4, 0.5) is 5.13 Å². The van der Waals surface area contributed by atoms with E-state index in [9.17, 15) is 19.5 Å². The number of esters is 1. The first kappa shape index (κ1) is 25.3. The van der Waals surface area contributed by atoms with E-state index in [4.69, 9.17) is 14.2 Å². The summed E-state index contributed by atoms with van der Waals surface area (Å²) < 4.78 is 15.7. The zero-order valence-electron chi connectivity index (χ0n) is 20.4. The smallest absolute Gasteiger partial charge is 0.350 e. The Bertz CT molecular complexity index is 1420. The summed E-state index contributed by atoms with van der Waals surface area (Å²) in [5, 5.41) is 11.8. The van der Waals surface area contributed by atoms with Gasteiger partial charge in [0.25, 0.3) is 5.91 Å². The SMILES string of the molecule is COC(=O)c1sc(N2C(=O)C(O)=C(C(=O)c3sc(C)nc3C)C2c2cc(OC)ccc2OC)nc1C. The molecule has 1 aromatic carbocycles. The molecule has 0 saturated carbocycles. The third-order valence-corrected chi connectivity index (χ3v) is 7.86. The van der Waals surface area contributed by atoms with E-state index in [1.54, 1.807) is 39.0 Å². The van der Waals surface area contributed by atoms with Crippen molar-refractivity contribution in [2.45, 2.75) is 26.8 Å². The fraction of sp³-hybridized carbons (Fsp3) is 0.292. The van der Waals surface area contributed by atoms with Crippen LogP contribution in [-0.4, -0.2) is 54.1 Å². The van der Waals surface area contributed by atoms with Crippen LogP contribution >= 0.6 is 22.7 Å². The number of carbonyl (C=O) groups is 3. The number of Topliss-reactive ketones (excluding diaryl/α,β-unsaturated/α-hetero) is 1. The third-order valence-electron chi connectivity index (χ3n) is 5.66. The molecular formula is C24H23N3O7S2. The number of hydrogen-bond acceptors (Lipinski definition) is 11. The van der Waals surface area contributed by atoms with Gasteiger partial charge in [0, 0.05) is 5.56 Å². The average Bonchev–Trinajstić information content (AvgIpc) is 3.50. The van der Waals surface area contributed by atoms with Crippen molar-refractivity contribution in [3.63, 3.8) is 0 Å². The maximum Gasteiger partial charge on any atom is 0.350 e. The van der Waals surface area contributed by atoms with Crippen LogP contribution in [0.5, 0.6) is 11.5 Å². The number of ether oxygens (including phenoxy) is 3. The Labute approximate surface area is 214 Å². The van der Waals surface area contributed by atoms with Crippen molar-refractivity contribution >= 4 is 45.5 Å². The Balaban J connectivity index is 1.97. The molecule has 1 N–H and O–H groups in total. The fourth-order valence-electron chi connectivity index (χ4n) is 4.01. The minimum Gasteiger partial charge on any atom is -0.503 e. The Kier molecular flexibility index (Phi) is 6.83. The second kappa shape index (κ2) is 9.70. The summed E-state index contributed by atoms with van der Waals surface area (Å²) in [6.45, 7) is 5.07. The van der Waals surface area contributed by atoms with Gasteiger partial charge < -0.3 is 19.3 Å². The van der Waals surface area contributed by atoms with Crippen molar-refractivity contribution in [1.82, 2.24) is 9.97 Å². The first-order valence-electron chi connectivity index (χ1n) is 10.7. The van der Waals surface area contributed by atoms with Crippen LogP contribution in [0.3, 0.4) is 0 Å². The molecule has 0 radical (unpaired) electrons. The maximum atomic E-state index is 13.8. The van der Waals surface area contributed by atoms with E-state index in [-0.39, 0.29) is 15.6 Å². The maximum absolute atomic E-state index is 13.8. The number of hydrogen-bond donors (Lipinski definition) is 1. The predicted molar refractivity (Wildman–Crippen MR) is 134 cm³/mol. The van der Waals surface area contributed by atoms with E-state index in [1.807, 2.05) is 0 Å². The molecule has 3 aromatic rings. The molecule has 4 rings (SSSR count). The van der Waals surface area contributed by atoms with Crippen LogP contribution in [0.1, 0.15) is 47.3 Å². The standard InChI is InChI=1S/C24H23N3O7S2/c1-10-20(35-12(3)25-10)18(28)16-17(14-9-13(32-4)7-8-15(14)33-5)27(22(30)19(16)29)24-26-11(2)21(36-24)23(31)34-6/h7-9,17,29H,1-6H3. The molecule has 1 aliphatic heterocycles. The third kappa shape index (κ3) is 4.11. The van der Waals surface area contributed by atoms with E-state index >= 15 is 0 Å². The highest BCUT2D eigenvalue weighted by Gasteiger charge is 2.48. The number of aliphatic hydroxyl groups excluding tert-OH is 1. The van der Waals surface area contributed by atoms with Crippen molar-refractivity contribution in [2.24, 2.45) is 0 Å². The molecule has 1 amide bonds. The number of ketones is 1. The van der Waals surface area contributed by atoms with Gasteiger partial charge in [-0.05, 0) is 39.0 Å². The molecule has 0 saturated heterocycles. The van der Waals surface area contributed by atoms with Crippen molar-refractivity contribution < 1.29 is 33.7 Å². The van der Waals surface area contributed by atoms with Crippen LogP contribution < -0.4 is 14.4 Å². The first-order chi connectivity index (χ1) is 17.1. The molecule has 1 atom stereocenters. The molecule has 10 nitrogen and oxygen atoms in total. The average molecular weight is 530 g/mol. The van der Waals surface area contributed by atoms with Gasteiger partial charge in [0.1, 0.15) is 22.4 Å². The highest BCUT2D eigenvalue weighted by molar-refractivity contribution is 7.17. The molecule has 12 heteroatoms. The Morgan fingerprint density at radius 2 is 1.69 bits per heavy atom. The zero-order chi connectivity index (χ0) is 26.3. The first-order valence-corrected chi connectivity index (χ1v) is 12.3. The van der Waals surface area contributed by atoms with Crippen LogP contribution in [-0.2, 0) is 9.53 Å². The summed E-state index contributed by atoms with van der Waals surface area (Å²) in [4.78, 5) is 49.9. The monoisotopic (exact) mass is 529 g/mol. The topological polar surface area (TPSA) is 128 Å². The number of methoxy groups -OCH3 is 3. The molecule has 3 heterocycles. The van der Waals surface area contributed by atoms with Crippen molar-refractivity contribution in [1.29, 1.82) is 0 Å². The summed E-state index contributed by atoms with van der Waals surface area (Å²) in [6, 6.07) is 3.83. The van der Waals surface area contributed by atoms with E-state index < -0.39 is 29.5 Å². The number of aromatic nitrogens is 2. The number of anilines is 1. The molecule has 188 valence electrons. The second-order valence-electron chi connectivity index (χ2n) is 7.83. The zero-order valence-corrected chi connectivity index (χ0v) is 22.0. The number of rotatable bonds is 7. The summed E-state index contributed by atoms with van der Waals surface area (Å²) in [6.07, 6.45) is 0. The van der Waals surface area contributed by atoms with Crippen LogP contribution in [0.15, 0.2) is 29.5 Å². The van der Waals surface area contributed by atoms with Crippen molar-refractivity contribution in [3.05, 3.63) is 61.2 Å². The molecule has 2 aromatic heterocycles. The lowest BCUT2D eigenvalue weighted by atomic mass is 9.94. The normalized spacial score (nSPS) is 15.4. The molecule has 0 aliphatic carbocycles. The van der Waals surface area contributed by atoms with Gasteiger partial charge in [-0.1, -0.05) is 11.3 Å². The number of thiazole rings is 2. The summed E-state index contributed by atoms with van der Waals surface area (Å²) >= 11 is 2.09. The minimum absolute atomic E-state index is 0.110. The summed E-state index contributed by atoms with van der Waals surface area (Å²) in [7, 11) is 4.19. The van der Waals surface area contributed by atoms with Gasteiger partial charge in [-0.25, -0.2) is 14.8 Å². The number of aryl methyl sites for hydroxylation is 3. The summed E-state index contributed by atoms with van der Waals surface area (Å²) in [5.41, 5.74) is 1.08. The molecule has 36 heavy (non-hydrogen) atoms. The van der Waals surface area contributed by atoms with Gasteiger partial charge in [0.15, 0.2) is 10.9 Å². The molecule has 0 bridgehead atoms. The quantitative estimate of drug-likeness (QED) is 0.355. The van der Waals surface area contributed by atoms with Crippen LogP contribution in [0.2, 0.25) is 0 Å².